The largest absolute Gasteiger partial charge is 0.497 e. The van der Waals surface area contributed by atoms with Gasteiger partial charge in [-0.15, -0.1) is 0 Å². The molecule has 25 heavy (non-hydrogen) atoms. The molecule has 0 unspecified atom stereocenters. The standard InChI is InChI=1S/C20H30N2O3/c1-3-4-5-13-21-20(24)22(17-9-11-18(23)12-10-17)15-16-7-6-8-19(14-16)25-2/h3-4,6-8,14,17-18,23H,5,9-13,15H2,1-2H3,(H,21,24). The maximum absolute atomic E-state index is 12.7. The molecule has 2 amide bonds. The van der Waals surface area contributed by atoms with Gasteiger partial charge in [-0.05, 0) is 56.7 Å². The fraction of sp³-hybridized carbons (Fsp3) is 0.550. The average Bonchev–Trinajstić information content (AvgIpc) is 2.64. The minimum Gasteiger partial charge on any atom is -0.497 e. The highest BCUT2D eigenvalue weighted by Gasteiger charge is 2.28. The van der Waals surface area contributed by atoms with Gasteiger partial charge in [0.25, 0.3) is 0 Å². The SMILES string of the molecule is CC=CCCNC(=O)N(Cc1cccc(OC)c1)C1CCC(O)CC1. The molecule has 138 valence electrons. The lowest BCUT2D eigenvalue weighted by Crippen LogP contribution is -2.47. The molecule has 0 aromatic heterocycles. The van der Waals surface area contributed by atoms with E-state index >= 15 is 0 Å². The van der Waals surface area contributed by atoms with E-state index < -0.39 is 0 Å². The predicted molar refractivity (Wildman–Crippen MR) is 99.6 cm³/mol. The first kappa shape index (κ1) is 19.3. The lowest BCUT2D eigenvalue weighted by Gasteiger charge is -2.36. The van der Waals surface area contributed by atoms with Gasteiger partial charge in [0.05, 0.1) is 13.2 Å². The van der Waals surface area contributed by atoms with Crippen molar-refractivity contribution in [1.29, 1.82) is 0 Å². The molecule has 2 N–H and O–H groups in total. The summed E-state index contributed by atoms with van der Waals surface area (Å²) in [6, 6.07) is 7.96. The summed E-state index contributed by atoms with van der Waals surface area (Å²) in [6.07, 6.45) is 7.83. The number of hydrogen-bond acceptors (Lipinski definition) is 3. The second kappa shape index (κ2) is 10.1. The Labute approximate surface area is 150 Å². The van der Waals surface area contributed by atoms with Gasteiger partial charge in [-0.3, -0.25) is 0 Å². The van der Waals surface area contributed by atoms with Crippen molar-refractivity contribution < 1.29 is 14.6 Å². The van der Waals surface area contributed by atoms with Crippen LogP contribution >= 0.6 is 0 Å². The second-order valence-corrected chi connectivity index (χ2v) is 6.53. The van der Waals surface area contributed by atoms with Gasteiger partial charge in [0, 0.05) is 19.1 Å². The van der Waals surface area contributed by atoms with Gasteiger partial charge in [0.15, 0.2) is 0 Å². The Balaban J connectivity index is 2.06. The Morgan fingerprint density at radius 1 is 1.36 bits per heavy atom. The monoisotopic (exact) mass is 346 g/mol. The highest BCUT2D eigenvalue weighted by Crippen LogP contribution is 2.25. The van der Waals surface area contributed by atoms with E-state index in [4.69, 9.17) is 4.74 Å². The number of carbonyl (C=O) groups excluding carboxylic acids is 1. The first-order chi connectivity index (χ1) is 12.1. The van der Waals surface area contributed by atoms with Gasteiger partial charge in [-0.2, -0.15) is 0 Å². The van der Waals surface area contributed by atoms with Crippen LogP contribution in [-0.2, 0) is 6.54 Å². The maximum Gasteiger partial charge on any atom is 0.317 e. The van der Waals surface area contributed by atoms with Crippen LogP contribution in [-0.4, -0.2) is 41.8 Å². The first-order valence-corrected chi connectivity index (χ1v) is 9.10. The van der Waals surface area contributed by atoms with Gasteiger partial charge in [0.2, 0.25) is 0 Å². The van der Waals surface area contributed by atoms with Gasteiger partial charge in [-0.1, -0.05) is 24.3 Å². The van der Waals surface area contributed by atoms with Crippen LogP contribution in [0.25, 0.3) is 0 Å². The third kappa shape index (κ3) is 6.09. The van der Waals surface area contributed by atoms with E-state index in [1.807, 2.05) is 48.2 Å². The molecule has 1 aromatic carbocycles. The van der Waals surface area contributed by atoms with Crippen LogP contribution in [0.2, 0.25) is 0 Å². The van der Waals surface area contributed by atoms with Crippen molar-refractivity contribution in [2.75, 3.05) is 13.7 Å². The minimum atomic E-state index is -0.229. The van der Waals surface area contributed by atoms with E-state index in [1.54, 1.807) is 7.11 Å². The predicted octanol–water partition coefficient (Wildman–Crippen LogP) is 3.48. The lowest BCUT2D eigenvalue weighted by atomic mass is 9.92. The second-order valence-electron chi connectivity index (χ2n) is 6.53. The number of ether oxygens (including phenoxy) is 1. The van der Waals surface area contributed by atoms with E-state index in [9.17, 15) is 9.90 Å². The van der Waals surface area contributed by atoms with Gasteiger partial charge >= 0.3 is 6.03 Å². The number of aliphatic hydroxyl groups excluding tert-OH is 1. The molecule has 0 bridgehead atoms. The van der Waals surface area contributed by atoms with Crippen molar-refractivity contribution in [2.24, 2.45) is 0 Å². The number of benzene rings is 1. The topological polar surface area (TPSA) is 61.8 Å². The zero-order valence-corrected chi connectivity index (χ0v) is 15.3. The van der Waals surface area contributed by atoms with E-state index in [0.717, 1.165) is 43.4 Å². The van der Waals surface area contributed by atoms with Crippen molar-refractivity contribution >= 4 is 6.03 Å². The van der Waals surface area contributed by atoms with Crippen molar-refractivity contribution in [2.45, 2.75) is 57.7 Å². The van der Waals surface area contributed by atoms with Crippen LogP contribution < -0.4 is 10.1 Å². The molecule has 0 heterocycles. The Morgan fingerprint density at radius 2 is 2.12 bits per heavy atom. The molecule has 5 heteroatoms. The van der Waals surface area contributed by atoms with E-state index in [2.05, 4.69) is 5.32 Å². The fourth-order valence-electron chi connectivity index (χ4n) is 3.23. The Kier molecular flexibility index (Phi) is 7.79. The molecule has 2 rings (SSSR count). The highest BCUT2D eigenvalue weighted by atomic mass is 16.5. The molecule has 0 radical (unpaired) electrons. The molecule has 0 spiro atoms. The molecule has 1 saturated carbocycles. The summed E-state index contributed by atoms with van der Waals surface area (Å²) in [6.45, 7) is 3.16. The highest BCUT2D eigenvalue weighted by molar-refractivity contribution is 5.74. The summed E-state index contributed by atoms with van der Waals surface area (Å²) in [5.74, 6) is 0.796. The molecule has 1 aliphatic rings. The first-order valence-electron chi connectivity index (χ1n) is 9.10. The number of hydrogen-bond donors (Lipinski definition) is 2. The molecule has 5 nitrogen and oxygen atoms in total. The zero-order chi connectivity index (χ0) is 18.1. The van der Waals surface area contributed by atoms with Gasteiger partial charge in [-0.25, -0.2) is 4.79 Å². The number of carbonyl (C=O) groups is 1. The third-order valence-electron chi connectivity index (χ3n) is 4.68. The number of amides is 2. The van der Waals surface area contributed by atoms with Crippen LogP contribution in [0.4, 0.5) is 4.79 Å². The molecule has 1 aromatic rings. The molecule has 0 saturated heterocycles. The Hall–Kier alpha value is -2.01. The van der Waals surface area contributed by atoms with Crippen LogP contribution in [0.3, 0.4) is 0 Å². The quantitative estimate of drug-likeness (QED) is 0.587. The summed E-state index contributed by atoms with van der Waals surface area (Å²) >= 11 is 0. The Morgan fingerprint density at radius 3 is 2.80 bits per heavy atom. The number of methoxy groups -OCH3 is 1. The molecular weight excluding hydrogens is 316 g/mol. The van der Waals surface area contributed by atoms with Crippen molar-refractivity contribution in [3.63, 3.8) is 0 Å². The molecule has 1 fully saturated rings. The summed E-state index contributed by atoms with van der Waals surface area (Å²) < 4.78 is 5.29. The smallest absolute Gasteiger partial charge is 0.317 e. The third-order valence-corrected chi connectivity index (χ3v) is 4.68. The summed E-state index contributed by atoms with van der Waals surface area (Å²) in [7, 11) is 1.65. The van der Waals surface area contributed by atoms with Gasteiger partial charge < -0.3 is 20.1 Å². The van der Waals surface area contributed by atoms with Crippen LogP contribution in [0.5, 0.6) is 5.75 Å². The summed E-state index contributed by atoms with van der Waals surface area (Å²) in [5.41, 5.74) is 1.05. The zero-order valence-electron chi connectivity index (χ0n) is 15.3. The van der Waals surface area contributed by atoms with Crippen molar-refractivity contribution in [3.05, 3.63) is 42.0 Å². The number of rotatable bonds is 7. The van der Waals surface area contributed by atoms with Gasteiger partial charge in [0.1, 0.15) is 5.75 Å². The normalized spacial score (nSPS) is 20.4. The van der Waals surface area contributed by atoms with E-state index in [1.165, 1.54) is 0 Å². The van der Waals surface area contributed by atoms with Crippen LogP contribution in [0.1, 0.15) is 44.6 Å². The number of urea groups is 1. The number of allylic oxidation sites excluding steroid dienone is 1. The Bertz CT molecular complexity index is 566. The fourth-order valence-corrected chi connectivity index (χ4v) is 3.23. The van der Waals surface area contributed by atoms with Crippen LogP contribution in [0, 0.1) is 0 Å². The molecular formula is C20H30N2O3. The number of aliphatic hydroxyl groups is 1. The number of nitrogens with one attached hydrogen (secondary N) is 1. The summed E-state index contributed by atoms with van der Waals surface area (Å²) in [5, 5.41) is 12.8. The lowest BCUT2D eigenvalue weighted by molar-refractivity contribution is 0.0818. The minimum absolute atomic E-state index is 0.0336. The molecule has 0 aliphatic heterocycles. The molecule has 1 aliphatic carbocycles. The van der Waals surface area contributed by atoms with E-state index in [-0.39, 0.29) is 18.2 Å². The maximum atomic E-state index is 12.7. The average molecular weight is 346 g/mol. The van der Waals surface area contributed by atoms with Crippen molar-refractivity contribution in [1.82, 2.24) is 10.2 Å². The van der Waals surface area contributed by atoms with E-state index in [0.29, 0.717) is 13.1 Å². The summed E-state index contributed by atoms with van der Waals surface area (Å²) in [4.78, 5) is 14.7. The van der Waals surface area contributed by atoms with Crippen molar-refractivity contribution in [3.8, 4) is 5.75 Å². The van der Waals surface area contributed by atoms with Crippen LogP contribution in [0.15, 0.2) is 36.4 Å². The number of nitrogens with zero attached hydrogens (tertiary/aromatic N) is 1. The molecule has 0 atom stereocenters.